The van der Waals surface area contributed by atoms with Crippen molar-refractivity contribution in [3.63, 3.8) is 0 Å². The first kappa shape index (κ1) is 36.0. The summed E-state index contributed by atoms with van der Waals surface area (Å²) in [5, 5.41) is 3.29. The highest BCUT2D eigenvalue weighted by molar-refractivity contribution is 6.35. The second-order valence-corrected chi connectivity index (χ2v) is 10.2. The molecule has 0 aliphatic carbocycles. The third kappa shape index (κ3) is 19.1. The molecule has 1 amide bonds. The number of ether oxygens (including phenoxy) is 3. The van der Waals surface area contributed by atoms with Gasteiger partial charge in [-0.05, 0) is 80.5 Å². The zero-order valence-electron chi connectivity index (χ0n) is 23.8. The minimum atomic E-state index is -0.673. The fourth-order valence-corrected chi connectivity index (χ4v) is 3.16. The lowest BCUT2D eigenvalue weighted by Crippen LogP contribution is -2.38. The van der Waals surface area contributed by atoms with Crippen molar-refractivity contribution in [3.8, 4) is 5.75 Å². The van der Waals surface area contributed by atoms with Crippen molar-refractivity contribution < 1.29 is 23.8 Å². The second kappa shape index (κ2) is 18.1. The smallest absolute Gasteiger partial charge is 0.408 e. The summed E-state index contributed by atoms with van der Waals surface area (Å²) < 4.78 is 16.3. The molecule has 8 heteroatoms. The molecule has 0 saturated heterocycles. The van der Waals surface area contributed by atoms with Crippen LogP contribution in [0.4, 0.5) is 4.79 Å². The van der Waals surface area contributed by atoms with Crippen LogP contribution >= 0.6 is 23.2 Å². The summed E-state index contributed by atoms with van der Waals surface area (Å²) in [4.78, 5) is 23.4. The average Bonchev–Trinajstić information content (AvgIpc) is 2.74. The van der Waals surface area contributed by atoms with Gasteiger partial charge < -0.3 is 19.5 Å². The van der Waals surface area contributed by atoms with Crippen molar-refractivity contribution in [1.82, 2.24) is 5.32 Å². The first-order chi connectivity index (χ1) is 16.6. The molecule has 1 unspecified atom stereocenters. The van der Waals surface area contributed by atoms with Gasteiger partial charge in [0.15, 0.2) is 0 Å². The molecule has 0 aliphatic rings. The van der Waals surface area contributed by atoms with Crippen LogP contribution in [-0.2, 0) is 14.3 Å². The van der Waals surface area contributed by atoms with Crippen molar-refractivity contribution in [2.75, 3.05) is 6.54 Å². The number of esters is 1. The summed E-state index contributed by atoms with van der Waals surface area (Å²) >= 11 is 12.0. The molecule has 1 atom stereocenters. The highest BCUT2D eigenvalue weighted by atomic mass is 35.5. The molecular weight excluding hydrogens is 501 g/mol. The molecular formula is C28H45Cl2NO5. The van der Waals surface area contributed by atoms with Gasteiger partial charge in [-0.25, -0.2) is 4.79 Å². The molecule has 0 aromatic heterocycles. The molecule has 206 valence electrons. The molecule has 0 radical (unpaired) electrons. The van der Waals surface area contributed by atoms with E-state index in [2.05, 4.69) is 24.4 Å². The molecule has 6 nitrogen and oxygen atoms in total. The molecule has 0 heterocycles. The van der Waals surface area contributed by atoms with Crippen molar-refractivity contribution in [2.45, 2.75) is 99.9 Å². The number of amides is 1. The van der Waals surface area contributed by atoms with Crippen LogP contribution in [0.1, 0.15) is 82.6 Å². The van der Waals surface area contributed by atoms with Gasteiger partial charge in [-0.3, -0.25) is 4.79 Å². The zero-order chi connectivity index (χ0) is 28.5. The maximum Gasteiger partial charge on any atom is 0.408 e. The van der Waals surface area contributed by atoms with Crippen LogP contribution in [0.2, 0.25) is 10.0 Å². The van der Waals surface area contributed by atoms with Crippen LogP contribution in [0.25, 0.3) is 0 Å². The van der Waals surface area contributed by atoms with Crippen LogP contribution in [0.3, 0.4) is 0 Å². The standard InChI is InChI=1S/C19H27Cl2NO5.C7H12.C2H6/c1-12(25-16(23)11-22-17(24)27-18(2,3)4)10-19(5,6)26-15-8-7-13(20)9-14(15)21;1-4-6-7(3)5-2;1-2/h7-9,12H,10-11H2,1-6H3,(H,22,24);4-6H,1-3H3;1-2H3/b;6-4-,7-5-;. The van der Waals surface area contributed by atoms with E-state index in [1.165, 1.54) is 5.57 Å². The number of carbonyl (C=O) groups is 2. The van der Waals surface area contributed by atoms with Crippen LogP contribution in [0.5, 0.6) is 5.75 Å². The fourth-order valence-electron chi connectivity index (χ4n) is 2.71. The van der Waals surface area contributed by atoms with Crippen molar-refractivity contribution in [3.05, 3.63) is 52.0 Å². The summed E-state index contributed by atoms with van der Waals surface area (Å²) in [7, 11) is 0. The van der Waals surface area contributed by atoms with E-state index in [9.17, 15) is 9.59 Å². The van der Waals surface area contributed by atoms with Gasteiger partial charge in [0.2, 0.25) is 0 Å². The highest BCUT2D eigenvalue weighted by Crippen LogP contribution is 2.32. The van der Waals surface area contributed by atoms with Crippen molar-refractivity contribution in [1.29, 1.82) is 0 Å². The van der Waals surface area contributed by atoms with E-state index in [1.807, 2.05) is 47.6 Å². The topological polar surface area (TPSA) is 73.9 Å². The lowest BCUT2D eigenvalue weighted by atomic mass is 10.0. The molecule has 1 aromatic carbocycles. The SMILES string of the molecule is C/C=C\C(C)=C/C.CC.CC(CC(C)(C)Oc1ccc(Cl)cc1Cl)OC(=O)CNC(=O)OC(C)(C)C. The largest absolute Gasteiger partial charge is 0.486 e. The van der Waals surface area contributed by atoms with Crippen LogP contribution in [-0.4, -0.2) is 35.9 Å². The van der Waals surface area contributed by atoms with E-state index >= 15 is 0 Å². The van der Waals surface area contributed by atoms with Gasteiger partial charge in [0.1, 0.15) is 29.6 Å². The van der Waals surface area contributed by atoms with Gasteiger partial charge in [0.05, 0.1) is 5.02 Å². The van der Waals surface area contributed by atoms with E-state index < -0.39 is 29.4 Å². The third-order valence-corrected chi connectivity index (χ3v) is 4.58. The first-order valence-electron chi connectivity index (χ1n) is 12.1. The molecule has 0 aliphatic heterocycles. The molecule has 0 saturated carbocycles. The lowest BCUT2D eigenvalue weighted by molar-refractivity contribution is -0.149. The molecule has 0 spiro atoms. The first-order valence-corrected chi connectivity index (χ1v) is 12.9. The summed E-state index contributed by atoms with van der Waals surface area (Å²) in [5.74, 6) is -0.0649. The number of carbonyl (C=O) groups excluding carboxylic acids is 2. The summed E-state index contributed by atoms with van der Waals surface area (Å²) in [5.41, 5.74) is 0.0453. The predicted molar refractivity (Wildman–Crippen MR) is 151 cm³/mol. The Labute approximate surface area is 228 Å². The molecule has 0 fully saturated rings. The van der Waals surface area contributed by atoms with E-state index in [-0.39, 0.29) is 6.54 Å². The Hall–Kier alpha value is -2.18. The minimum absolute atomic E-state index is 0.274. The van der Waals surface area contributed by atoms with E-state index in [0.717, 1.165) is 0 Å². The Morgan fingerprint density at radius 1 is 1.08 bits per heavy atom. The molecule has 36 heavy (non-hydrogen) atoms. The number of rotatable bonds is 8. The lowest BCUT2D eigenvalue weighted by Gasteiger charge is -2.29. The highest BCUT2D eigenvalue weighted by Gasteiger charge is 2.26. The molecule has 0 bridgehead atoms. The van der Waals surface area contributed by atoms with E-state index in [4.69, 9.17) is 37.4 Å². The number of hydrogen-bond donors (Lipinski definition) is 1. The van der Waals surface area contributed by atoms with Gasteiger partial charge in [-0.15, -0.1) is 0 Å². The normalized spacial score (nSPS) is 12.4. The molecule has 1 N–H and O–H groups in total. The Morgan fingerprint density at radius 2 is 1.67 bits per heavy atom. The van der Waals surface area contributed by atoms with E-state index in [0.29, 0.717) is 22.2 Å². The number of allylic oxidation sites excluding steroid dienone is 4. The average molecular weight is 547 g/mol. The Bertz CT molecular complexity index is 858. The fraction of sp³-hybridized carbons (Fsp3) is 0.571. The maximum absolute atomic E-state index is 11.9. The quantitative estimate of drug-likeness (QED) is 0.261. The summed E-state index contributed by atoms with van der Waals surface area (Å²) in [6, 6.07) is 4.97. The number of hydrogen-bond acceptors (Lipinski definition) is 5. The predicted octanol–water partition coefficient (Wildman–Crippen LogP) is 8.55. The summed E-state index contributed by atoms with van der Waals surface area (Å²) in [6.45, 7) is 20.6. The van der Waals surface area contributed by atoms with E-state index in [1.54, 1.807) is 45.9 Å². The molecule has 1 rings (SSSR count). The van der Waals surface area contributed by atoms with Crippen LogP contribution in [0.15, 0.2) is 42.0 Å². The number of alkyl carbamates (subject to hydrolysis) is 1. The van der Waals surface area contributed by atoms with Crippen molar-refractivity contribution >= 4 is 35.3 Å². The monoisotopic (exact) mass is 545 g/mol. The third-order valence-electron chi connectivity index (χ3n) is 4.05. The number of nitrogens with one attached hydrogen (secondary N) is 1. The van der Waals surface area contributed by atoms with Gasteiger partial charge in [-0.2, -0.15) is 0 Å². The Morgan fingerprint density at radius 3 is 2.11 bits per heavy atom. The summed E-state index contributed by atoms with van der Waals surface area (Å²) in [6.07, 6.45) is 5.52. The van der Waals surface area contributed by atoms with Gasteiger partial charge in [-0.1, -0.05) is 60.9 Å². The number of benzene rings is 1. The van der Waals surface area contributed by atoms with Gasteiger partial charge >= 0.3 is 12.1 Å². The van der Waals surface area contributed by atoms with Gasteiger partial charge in [0.25, 0.3) is 0 Å². The van der Waals surface area contributed by atoms with Crippen LogP contribution in [0, 0.1) is 0 Å². The van der Waals surface area contributed by atoms with Gasteiger partial charge in [0, 0.05) is 11.4 Å². The van der Waals surface area contributed by atoms with Crippen molar-refractivity contribution in [2.24, 2.45) is 0 Å². The Kier molecular flexibility index (Phi) is 18.1. The Balaban J connectivity index is 0. The zero-order valence-corrected chi connectivity index (χ0v) is 25.3. The molecule has 1 aromatic rings. The second-order valence-electron chi connectivity index (χ2n) is 9.33. The maximum atomic E-state index is 11.9. The van der Waals surface area contributed by atoms with Crippen LogP contribution < -0.4 is 10.1 Å². The minimum Gasteiger partial charge on any atom is -0.486 e. The number of halogens is 2.